The molecule has 1 unspecified atom stereocenters. The maximum Gasteiger partial charge on any atom is 0.317 e. The van der Waals surface area contributed by atoms with E-state index in [2.05, 4.69) is 47.5 Å². The molecule has 1 atom stereocenters. The molecule has 126 valence electrons. The summed E-state index contributed by atoms with van der Waals surface area (Å²) in [6, 6.07) is 11.5. The van der Waals surface area contributed by atoms with Gasteiger partial charge in [-0.3, -0.25) is 4.90 Å². The van der Waals surface area contributed by atoms with E-state index in [4.69, 9.17) is 0 Å². The van der Waals surface area contributed by atoms with E-state index in [1.165, 1.54) is 12.0 Å². The summed E-state index contributed by atoms with van der Waals surface area (Å²) >= 11 is 0. The molecule has 1 N–H and O–H groups in total. The number of carbonyl (C=O) groups excluding carboxylic acids is 1. The number of hydrogen-bond acceptors (Lipinski definition) is 2. The van der Waals surface area contributed by atoms with Crippen LogP contribution in [0, 0.1) is 0 Å². The van der Waals surface area contributed by atoms with Crippen LogP contribution in [0.4, 0.5) is 4.79 Å². The van der Waals surface area contributed by atoms with Crippen molar-refractivity contribution in [1.29, 1.82) is 0 Å². The first kappa shape index (κ1) is 16.3. The Hall–Kier alpha value is -1.55. The fraction of sp³-hybridized carbons (Fsp3) is 0.632. The molecule has 0 bridgehead atoms. The molecular weight excluding hydrogens is 286 g/mol. The molecule has 2 saturated heterocycles. The molecule has 2 aliphatic heterocycles. The summed E-state index contributed by atoms with van der Waals surface area (Å²) in [5.41, 5.74) is 1.37. The Morgan fingerprint density at radius 1 is 1.09 bits per heavy atom. The van der Waals surface area contributed by atoms with Crippen molar-refractivity contribution in [2.45, 2.75) is 57.7 Å². The van der Waals surface area contributed by atoms with Gasteiger partial charge in [0.15, 0.2) is 0 Å². The summed E-state index contributed by atoms with van der Waals surface area (Å²) in [6.07, 6.45) is 5.65. The number of nitrogens with zero attached hydrogens (tertiary/aromatic N) is 2. The molecule has 1 aromatic rings. The number of benzene rings is 1. The highest BCUT2D eigenvalue weighted by molar-refractivity contribution is 5.75. The Kier molecular flexibility index (Phi) is 5.55. The van der Waals surface area contributed by atoms with Gasteiger partial charge < -0.3 is 10.2 Å². The zero-order valence-corrected chi connectivity index (χ0v) is 14.2. The van der Waals surface area contributed by atoms with Crippen LogP contribution >= 0.6 is 0 Å². The largest absolute Gasteiger partial charge is 0.335 e. The Labute approximate surface area is 139 Å². The SMILES string of the molecule is CC1CCCCN1C(=O)NC1CCN(Cc2ccccc2)CC1. The van der Waals surface area contributed by atoms with Crippen molar-refractivity contribution in [3.63, 3.8) is 0 Å². The molecule has 2 fully saturated rings. The van der Waals surface area contributed by atoms with Gasteiger partial charge >= 0.3 is 6.03 Å². The van der Waals surface area contributed by atoms with Gasteiger partial charge in [0.1, 0.15) is 0 Å². The molecule has 2 aliphatic rings. The first-order valence-corrected chi connectivity index (χ1v) is 9.06. The number of urea groups is 1. The molecule has 0 radical (unpaired) electrons. The zero-order valence-electron chi connectivity index (χ0n) is 14.2. The lowest BCUT2D eigenvalue weighted by Gasteiger charge is -2.37. The molecule has 0 aliphatic carbocycles. The van der Waals surface area contributed by atoms with Crippen LogP contribution < -0.4 is 5.32 Å². The Morgan fingerprint density at radius 3 is 2.52 bits per heavy atom. The van der Waals surface area contributed by atoms with E-state index < -0.39 is 0 Å². The number of carbonyl (C=O) groups is 1. The quantitative estimate of drug-likeness (QED) is 0.929. The van der Waals surface area contributed by atoms with Crippen LogP contribution in [0.5, 0.6) is 0 Å². The lowest BCUT2D eigenvalue weighted by atomic mass is 10.0. The minimum absolute atomic E-state index is 0.152. The van der Waals surface area contributed by atoms with Gasteiger partial charge in [0.05, 0.1) is 0 Å². The van der Waals surface area contributed by atoms with E-state index in [-0.39, 0.29) is 6.03 Å². The molecule has 4 heteroatoms. The molecule has 0 saturated carbocycles. The van der Waals surface area contributed by atoms with Gasteiger partial charge in [0, 0.05) is 38.3 Å². The fourth-order valence-electron chi connectivity index (χ4n) is 3.73. The van der Waals surface area contributed by atoms with E-state index in [0.717, 1.165) is 51.9 Å². The Balaban J connectivity index is 1.43. The van der Waals surface area contributed by atoms with Crippen LogP contribution in [0.3, 0.4) is 0 Å². The second-order valence-corrected chi connectivity index (χ2v) is 7.02. The smallest absolute Gasteiger partial charge is 0.317 e. The number of amides is 2. The van der Waals surface area contributed by atoms with Gasteiger partial charge in [-0.2, -0.15) is 0 Å². The molecule has 3 rings (SSSR count). The highest BCUT2D eigenvalue weighted by atomic mass is 16.2. The third-order valence-electron chi connectivity index (χ3n) is 5.23. The number of nitrogens with one attached hydrogen (secondary N) is 1. The van der Waals surface area contributed by atoms with Crippen molar-refractivity contribution in [2.75, 3.05) is 19.6 Å². The summed E-state index contributed by atoms with van der Waals surface area (Å²) in [7, 11) is 0. The van der Waals surface area contributed by atoms with Crippen molar-refractivity contribution in [3.8, 4) is 0 Å². The molecular formula is C19H29N3O. The predicted molar refractivity (Wildman–Crippen MR) is 93.3 cm³/mol. The Bertz CT molecular complexity index is 497. The number of hydrogen-bond donors (Lipinski definition) is 1. The van der Waals surface area contributed by atoms with Gasteiger partial charge in [0.2, 0.25) is 0 Å². The number of rotatable bonds is 3. The fourth-order valence-corrected chi connectivity index (χ4v) is 3.73. The Morgan fingerprint density at radius 2 is 1.83 bits per heavy atom. The van der Waals surface area contributed by atoms with E-state index >= 15 is 0 Å². The standard InChI is InChI=1S/C19H29N3O/c1-16-7-5-6-12-22(16)19(23)20-18-10-13-21(14-11-18)15-17-8-3-2-4-9-17/h2-4,8-9,16,18H,5-7,10-15H2,1H3,(H,20,23). The van der Waals surface area contributed by atoms with Crippen molar-refractivity contribution in [1.82, 2.24) is 15.1 Å². The second-order valence-electron chi connectivity index (χ2n) is 7.02. The number of likely N-dealkylation sites (tertiary alicyclic amines) is 2. The third-order valence-corrected chi connectivity index (χ3v) is 5.23. The lowest BCUT2D eigenvalue weighted by molar-refractivity contribution is 0.143. The topological polar surface area (TPSA) is 35.6 Å². The number of piperidine rings is 2. The maximum atomic E-state index is 12.5. The summed E-state index contributed by atoms with van der Waals surface area (Å²) in [5.74, 6) is 0. The van der Waals surface area contributed by atoms with Crippen LogP contribution in [0.2, 0.25) is 0 Å². The molecule has 2 amide bonds. The summed E-state index contributed by atoms with van der Waals surface area (Å²) in [4.78, 5) is 17.0. The van der Waals surface area contributed by atoms with Crippen molar-refractivity contribution >= 4 is 6.03 Å². The highest BCUT2D eigenvalue weighted by Crippen LogP contribution is 2.18. The van der Waals surface area contributed by atoms with E-state index in [1.54, 1.807) is 0 Å². The van der Waals surface area contributed by atoms with Gasteiger partial charge in [0.25, 0.3) is 0 Å². The molecule has 4 nitrogen and oxygen atoms in total. The van der Waals surface area contributed by atoms with E-state index in [0.29, 0.717) is 12.1 Å². The average Bonchev–Trinajstić information content (AvgIpc) is 2.58. The third kappa shape index (κ3) is 4.47. The monoisotopic (exact) mass is 315 g/mol. The molecule has 1 aromatic carbocycles. The van der Waals surface area contributed by atoms with Crippen molar-refractivity contribution in [2.24, 2.45) is 0 Å². The molecule has 0 aromatic heterocycles. The van der Waals surface area contributed by atoms with Gasteiger partial charge in [-0.1, -0.05) is 30.3 Å². The highest BCUT2D eigenvalue weighted by Gasteiger charge is 2.26. The van der Waals surface area contributed by atoms with E-state index in [9.17, 15) is 4.79 Å². The predicted octanol–water partition coefficient (Wildman–Crippen LogP) is 3.24. The first-order valence-electron chi connectivity index (χ1n) is 9.06. The van der Waals surface area contributed by atoms with Crippen LogP contribution in [0.25, 0.3) is 0 Å². The minimum atomic E-state index is 0.152. The summed E-state index contributed by atoms with van der Waals surface area (Å²) in [6.45, 7) is 6.23. The second kappa shape index (κ2) is 7.82. The van der Waals surface area contributed by atoms with Gasteiger partial charge in [-0.25, -0.2) is 4.79 Å². The van der Waals surface area contributed by atoms with Crippen LogP contribution in [-0.2, 0) is 6.54 Å². The molecule has 0 spiro atoms. The molecule has 2 heterocycles. The van der Waals surface area contributed by atoms with Crippen LogP contribution in [0.15, 0.2) is 30.3 Å². The minimum Gasteiger partial charge on any atom is -0.335 e. The summed E-state index contributed by atoms with van der Waals surface area (Å²) in [5, 5.41) is 3.26. The van der Waals surface area contributed by atoms with E-state index in [1.807, 2.05) is 4.90 Å². The lowest BCUT2D eigenvalue weighted by Crippen LogP contribution is -2.52. The molecule has 23 heavy (non-hydrogen) atoms. The van der Waals surface area contributed by atoms with Crippen LogP contribution in [-0.4, -0.2) is 47.5 Å². The maximum absolute atomic E-state index is 12.5. The van der Waals surface area contributed by atoms with Gasteiger partial charge in [-0.05, 0) is 44.6 Å². The van der Waals surface area contributed by atoms with Crippen molar-refractivity contribution < 1.29 is 4.79 Å². The van der Waals surface area contributed by atoms with Crippen LogP contribution in [0.1, 0.15) is 44.6 Å². The zero-order chi connectivity index (χ0) is 16.1. The van der Waals surface area contributed by atoms with Crippen molar-refractivity contribution in [3.05, 3.63) is 35.9 Å². The first-order chi connectivity index (χ1) is 11.2. The summed E-state index contributed by atoms with van der Waals surface area (Å²) < 4.78 is 0. The normalized spacial score (nSPS) is 23.7. The van der Waals surface area contributed by atoms with Gasteiger partial charge in [-0.15, -0.1) is 0 Å². The average molecular weight is 315 g/mol.